The van der Waals surface area contributed by atoms with Gasteiger partial charge in [0.2, 0.25) is 0 Å². The summed E-state index contributed by atoms with van der Waals surface area (Å²) in [5, 5.41) is 0. The summed E-state index contributed by atoms with van der Waals surface area (Å²) in [4.78, 5) is 11.9. The molecule has 0 aliphatic carbocycles. The van der Waals surface area contributed by atoms with E-state index < -0.39 is 0 Å². The lowest BCUT2D eigenvalue weighted by atomic mass is 10.00. The zero-order valence-electron chi connectivity index (χ0n) is 9.49. The smallest absolute Gasteiger partial charge is 0.192 e. The van der Waals surface area contributed by atoms with E-state index in [9.17, 15) is 4.79 Å². The molecular weight excluding hydrogens is 184 g/mol. The van der Waals surface area contributed by atoms with Crippen molar-refractivity contribution in [3.63, 3.8) is 0 Å². The number of ketones is 1. The second-order valence-electron chi connectivity index (χ2n) is 3.46. The van der Waals surface area contributed by atoms with Gasteiger partial charge in [0.05, 0.1) is 0 Å². The fourth-order valence-corrected chi connectivity index (χ4v) is 1.13. The van der Waals surface area contributed by atoms with Crippen LogP contribution in [-0.2, 0) is 4.79 Å². The van der Waals surface area contributed by atoms with E-state index in [-0.39, 0.29) is 5.78 Å². The average molecular weight is 202 g/mol. The third-order valence-corrected chi connectivity index (χ3v) is 1.77. The second-order valence-corrected chi connectivity index (χ2v) is 3.46. The molecule has 15 heavy (non-hydrogen) atoms. The van der Waals surface area contributed by atoms with Crippen LogP contribution in [0.5, 0.6) is 0 Å². The van der Waals surface area contributed by atoms with Gasteiger partial charge in [-0.2, -0.15) is 0 Å². The quantitative estimate of drug-likeness (QED) is 0.475. The predicted molar refractivity (Wildman–Crippen MR) is 66.6 cm³/mol. The molecule has 0 N–H and O–H groups in total. The summed E-state index contributed by atoms with van der Waals surface area (Å²) < 4.78 is 0. The van der Waals surface area contributed by atoms with Crippen LogP contribution in [0.1, 0.15) is 13.8 Å². The van der Waals surface area contributed by atoms with Crippen molar-refractivity contribution >= 4 is 5.78 Å². The standard InChI is InChI=1S/C14H18O/c1-6-9-12(7-2)14(15)13(8-3)10-11(4)5/h6-11H,1-3H2,4-5H3/b12-9+,13-10+. The first-order chi connectivity index (χ1) is 7.06. The average Bonchev–Trinajstić information content (AvgIpc) is 2.21. The molecule has 0 aromatic rings. The van der Waals surface area contributed by atoms with Crippen molar-refractivity contribution in [2.24, 2.45) is 5.92 Å². The monoisotopic (exact) mass is 202 g/mol. The Morgan fingerprint density at radius 3 is 1.93 bits per heavy atom. The maximum absolute atomic E-state index is 11.9. The third kappa shape index (κ3) is 4.41. The van der Waals surface area contributed by atoms with Crippen molar-refractivity contribution in [3.05, 3.63) is 61.3 Å². The Bertz CT molecular complexity index is 327. The van der Waals surface area contributed by atoms with E-state index in [0.717, 1.165) is 0 Å². The first-order valence-corrected chi connectivity index (χ1v) is 4.90. The van der Waals surface area contributed by atoms with Crippen LogP contribution in [0.15, 0.2) is 61.3 Å². The maximum Gasteiger partial charge on any atom is 0.192 e. The Morgan fingerprint density at radius 2 is 1.60 bits per heavy atom. The molecule has 0 radical (unpaired) electrons. The predicted octanol–water partition coefficient (Wildman–Crippen LogP) is 3.62. The number of carbonyl (C=O) groups is 1. The number of hydrogen-bond acceptors (Lipinski definition) is 1. The molecule has 0 saturated carbocycles. The zero-order valence-corrected chi connectivity index (χ0v) is 9.49. The van der Waals surface area contributed by atoms with Crippen LogP contribution >= 0.6 is 0 Å². The van der Waals surface area contributed by atoms with Crippen molar-refractivity contribution in [2.45, 2.75) is 13.8 Å². The van der Waals surface area contributed by atoms with E-state index in [2.05, 4.69) is 19.7 Å². The van der Waals surface area contributed by atoms with Crippen LogP contribution in [0.25, 0.3) is 0 Å². The lowest BCUT2D eigenvalue weighted by Crippen LogP contribution is -2.04. The van der Waals surface area contributed by atoms with E-state index in [0.29, 0.717) is 17.1 Å². The van der Waals surface area contributed by atoms with Gasteiger partial charge in [0.1, 0.15) is 0 Å². The van der Waals surface area contributed by atoms with Gasteiger partial charge in [-0.05, 0) is 5.92 Å². The lowest BCUT2D eigenvalue weighted by molar-refractivity contribution is -0.111. The van der Waals surface area contributed by atoms with Gasteiger partial charge in [0.25, 0.3) is 0 Å². The van der Waals surface area contributed by atoms with E-state index in [1.54, 1.807) is 18.2 Å². The van der Waals surface area contributed by atoms with Crippen LogP contribution in [0, 0.1) is 5.92 Å². The second kappa shape index (κ2) is 6.77. The molecule has 0 aliphatic heterocycles. The van der Waals surface area contributed by atoms with Crippen molar-refractivity contribution in [3.8, 4) is 0 Å². The Balaban J connectivity index is 5.11. The third-order valence-electron chi connectivity index (χ3n) is 1.77. The SMILES string of the molecule is C=C/C=C(\C=C)C(=O)/C(C=C)=C/C(C)C. The molecule has 80 valence electrons. The molecular formula is C14H18O. The summed E-state index contributed by atoms with van der Waals surface area (Å²) >= 11 is 0. The van der Waals surface area contributed by atoms with Gasteiger partial charge in [0, 0.05) is 11.1 Å². The Kier molecular flexibility index (Phi) is 6.03. The normalized spacial score (nSPS) is 12.5. The van der Waals surface area contributed by atoms with Gasteiger partial charge in [-0.3, -0.25) is 4.79 Å². The summed E-state index contributed by atoms with van der Waals surface area (Å²) in [5.41, 5.74) is 1.15. The van der Waals surface area contributed by atoms with E-state index in [4.69, 9.17) is 0 Å². The minimum atomic E-state index is -0.0615. The molecule has 0 unspecified atom stereocenters. The van der Waals surface area contributed by atoms with Gasteiger partial charge in [-0.1, -0.05) is 64.0 Å². The molecule has 0 saturated heterocycles. The van der Waals surface area contributed by atoms with Crippen LogP contribution in [0.2, 0.25) is 0 Å². The van der Waals surface area contributed by atoms with Crippen molar-refractivity contribution in [2.75, 3.05) is 0 Å². The van der Waals surface area contributed by atoms with Crippen molar-refractivity contribution in [1.82, 2.24) is 0 Å². The summed E-state index contributed by atoms with van der Waals surface area (Å²) in [6.45, 7) is 14.8. The van der Waals surface area contributed by atoms with Gasteiger partial charge in [-0.15, -0.1) is 0 Å². The molecule has 0 aromatic carbocycles. The Hall–Kier alpha value is -1.63. The Morgan fingerprint density at radius 1 is 1.07 bits per heavy atom. The number of Topliss-reactive ketones (excluding diaryl/α,β-unsaturated/α-hetero) is 1. The van der Waals surface area contributed by atoms with E-state index in [1.165, 1.54) is 6.08 Å². The van der Waals surface area contributed by atoms with Gasteiger partial charge in [-0.25, -0.2) is 0 Å². The fourth-order valence-electron chi connectivity index (χ4n) is 1.13. The number of rotatable bonds is 6. The number of hydrogen-bond donors (Lipinski definition) is 0. The van der Waals surface area contributed by atoms with Gasteiger partial charge < -0.3 is 0 Å². The number of allylic oxidation sites excluding steroid dienone is 7. The molecule has 0 spiro atoms. The van der Waals surface area contributed by atoms with Crippen LogP contribution in [-0.4, -0.2) is 5.78 Å². The van der Waals surface area contributed by atoms with Crippen LogP contribution in [0.3, 0.4) is 0 Å². The highest BCUT2D eigenvalue weighted by atomic mass is 16.1. The maximum atomic E-state index is 11.9. The molecule has 0 atom stereocenters. The minimum absolute atomic E-state index is 0.0615. The summed E-state index contributed by atoms with van der Waals surface area (Å²) in [6.07, 6.45) is 8.21. The molecule has 0 heterocycles. The molecule has 0 rings (SSSR count). The molecule has 0 fully saturated rings. The Labute approximate surface area is 92.2 Å². The highest BCUT2D eigenvalue weighted by Crippen LogP contribution is 2.11. The molecule has 1 nitrogen and oxygen atoms in total. The highest BCUT2D eigenvalue weighted by Gasteiger charge is 2.09. The molecule has 0 bridgehead atoms. The first kappa shape index (κ1) is 13.4. The molecule has 0 aliphatic rings. The largest absolute Gasteiger partial charge is 0.289 e. The van der Waals surface area contributed by atoms with Crippen molar-refractivity contribution < 1.29 is 4.79 Å². The van der Waals surface area contributed by atoms with Gasteiger partial charge >= 0.3 is 0 Å². The van der Waals surface area contributed by atoms with E-state index >= 15 is 0 Å². The molecule has 1 heteroatoms. The van der Waals surface area contributed by atoms with E-state index in [1.807, 2.05) is 19.9 Å². The van der Waals surface area contributed by atoms with Crippen LogP contribution in [0.4, 0.5) is 0 Å². The topological polar surface area (TPSA) is 17.1 Å². The molecule has 0 aromatic heterocycles. The summed E-state index contributed by atoms with van der Waals surface area (Å²) in [7, 11) is 0. The molecule has 0 amide bonds. The van der Waals surface area contributed by atoms with Crippen LogP contribution < -0.4 is 0 Å². The summed E-state index contributed by atoms with van der Waals surface area (Å²) in [6, 6.07) is 0. The van der Waals surface area contributed by atoms with Crippen molar-refractivity contribution in [1.29, 1.82) is 0 Å². The minimum Gasteiger partial charge on any atom is -0.289 e. The zero-order chi connectivity index (χ0) is 11.8. The van der Waals surface area contributed by atoms with Gasteiger partial charge in [0.15, 0.2) is 5.78 Å². The first-order valence-electron chi connectivity index (χ1n) is 4.90. The summed E-state index contributed by atoms with van der Waals surface area (Å²) in [5.74, 6) is 0.255. The highest BCUT2D eigenvalue weighted by molar-refractivity contribution is 6.11. The number of carbonyl (C=O) groups excluding carboxylic acids is 1. The fraction of sp³-hybridized carbons (Fsp3) is 0.214. The lowest BCUT2D eigenvalue weighted by Gasteiger charge is -2.03.